The van der Waals surface area contributed by atoms with Crippen LogP contribution in [0.25, 0.3) is 0 Å². The number of ether oxygens (including phenoxy) is 1. The summed E-state index contributed by atoms with van der Waals surface area (Å²) in [6.07, 6.45) is -0.152. The SMILES string of the molecule is O=C(NCC(O)CN1CCOCC1)C1CC1c1cc(F)ccc1F. The molecule has 1 saturated carbocycles. The maximum Gasteiger partial charge on any atom is 0.223 e. The Morgan fingerprint density at radius 1 is 1.38 bits per heavy atom. The van der Waals surface area contributed by atoms with E-state index in [0.717, 1.165) is 31.3 Å². The zero-order valence-corrected chi connectivity index (χ0v) is 13.4. The fourth-order valence-corrected chi connectivity index (χ4v) is 3.12. The van der Waals surface area contributed by atoms with Crippen molar-refractivity contribution in [2.75, 3.05) is 39.4 Å². The van der Waals surface area contributed by atoms with Gasteiger partial charge in [0.1, 0.15) is 11.6 Å². The number of halogens is 2. The number of amides is 1. The van der Waals surface area contributed by atoms with Crippen molar-refractivity contribution in [1.29, 1.82) is 0 Å². The van der Waals surface area contributed by atoms with Crippen molar-refractivity contribution in [3.63, 3.8) is 0 Å². The standard InChI is InChI=1S/C17H22F2N2O3/c18-11-1-2-16(19)14(7-11)13-8-15(13)17(23)20-9-12(22)10-21-3-5-24-6-4-21/h1-2,7,12-13,15,22H,3-6,8-10H2,(H,20,23). The smallest absolute Gasteiger partial charge is 0.223 e. The minimum atomic E-state index is -0.657. The van der Waals surface area contributed by atoms with Gasteiger partial charge < -0.3 is 15.2 Å². The number of nitrogens with one attached hydrogen (secondary N) is 1. The van der Waals surface area contributed by atoms with E-state index < -0.39 is 17.7 Å². The number of nitrogens with zero attached hydrogens (tertiary/aromatic N) is 1. The first-order valence-electron chi connectivity index (χ1n) is 8.25. The third kappa shape index (κ3) is 4.28. The molecule has 5 nitrogen and oxygen atoms in total. The van der Waals surface area contributed by atoms with Crippen molar-refractivity contribution in [2.45, 2.75) is 18.4 Å². The van der Waals surface area contributed by atoms with E-state index in [1.165, 1.54) is 0 Å². The summed E-state index contributed by atoms with van der Waals surface area (Å²) in [5.74, 6) is -1.83. The van der Waals surface area contributed by atoms with Gasteiger partial charge in [0.15, 0.2) is 0 Å². The second kappa shape index (κ2) is 7.55. The lowest BCUT2D eigenvalue weighted by atomic mass is 10.1. The largest absolute Gasteiger partial charge is 0.390 e. The molecular formula is C17H22F2N2O3. The molecule has 7 heteroatoms. The highest BCUT2D eigenvalue weighted by Gasteiger charge is 2.45. The molecule has 2 aliphatic rings. The molecule has 1 heterocycles. The molecular weight excluding hydrogens is 318 g/mol. The number of rotatable bonds is 6. The molecule has 0 spiro atoms. The fraction of sp³-hybridized carbons (Fsp3) is 0.588. The minimum Gasteiger partial charge on any atom is -0.390 e. The lowest BCUT2D eigenvalue weighted by Gasteiger charge is -2.28. The van der Waals surface area contributed by atoms with Crippen molar-refractivity contribution in [3.8, 4) is 0 Å². The second-order valence-corrected chi connectivity index (χ2v) is 6.43. The molecule has 1 aromatic rings. The van der Waals surface area contributed by atoms with Crippen molar-refractivity contribution in [2.24, 2.45) is 5.92 Å². The number of hydrogen-bond acceptors (Lipinski definition) is 4. The highest BCUT2D eigenvalue weighted by atomic mass is 19.1. The Bertz CT molecular complexity index is 593. The van der Waals surface area contributed by atoms with Crippen LogP contribution < -0.4 is 5.32 Å². The summed E-state index contributed by atoms with van der Waals surface area (Å²) in [6.45, 7) is 3.49. The molecule has 3 rings (SSSR count). The third-order valence-corrected chi connectivity index (χ3v) is 4.57. The first kappa shape index (κ1) is 17.3. The first-order chi connectivity index (χ1) is 11.5. The van der Waals surface area contributed by atoms with E-state index in [4.69, 9.17) is 4.74 Å². The normalized spacial score (nSPS) is 25.3. The average molecular weight is 340 g/mol. The molecule has 2 N–H and O–H groups in total. The van der Waals surface area contributed by atoms with E-state index in [9.17, 15) is 18.7 Å². The van der Waals surface area contributed by atoms with Crippen molar-refractivity contribution < 1.29 is 23.4 Å². The van der Waals surface area contributed by atoms with Crippen LogP contribution in [0.4, 0.5) is 8.78 Å². The molecule has 0 radical (unpaired) electrons. The maximum absolute atomic E-state index is 13.7. The molecule has 1 saturated heterocycles. The van der Waals surface area contributed by atoms with Gasteiger partial charge in [0.05, 0.1) is 19.3 Å². The van der Waals surface area contributed by atoms with Gasteiger partial charge in [0.25, 0.3) is 0 Å². The number of aliphatic hydroxyl groups is 1. The average Bonchev–Trinajstić information content (AvgIpc) is 3.36. The van der Waals surface area contributed by atoms with E-state index >= 15 is 0 Å². The van der Waals surface area contributed by atoms with Crippen molar-refractivity contribution in [3.05, 3.63) is 35.4 Å². The molecule has 1 aliphatic heterocycles. The van der Waals surface area contributed by atoms with Crippen LogP contribution in [-0.2, 0) is 9.53 Å². The Kier molecular flexibility index (Phi) is 5.43. The van der Waals surface area contributed by atoms with Gasteiger partial charge in [0.2, 0.25) is 5.91 Å². The van der Waals surface area contributed by atoms with Gasteiger partial charge in [-0.25, -0.2) is 8.78 Å². The number of β-amino-alcohol motifs (C(OH)–C–C–N with tert-alkyl or cyclic N) is 1. The van der Waals surface area contributed by atoms with Gasteiger partial charge in [-0.1, -0.05) is 0 Å². The monoisotopic (exact) mass is 340 g/mol. The van der Waals surface area contributed by atoms with Crippen LogP contribution >= 0.6 is 0 Å². The van der Waals surface area contributed by atoms with Crippen LogP contribution in [0.2, 0.25) is 0 Å². The van der Waals surface area contributed by atoms with Gasteiger partial charge in [-0.05, 0) is 36.1 Å². The van der Waals surface area contributed by atoms with E-state index in [0.29, 0.717) is 26.2 Å². The van der Waals surface area contributed by atoms with Crippen molar-refractivity contribution in [1.82, 2.24) is 10.2 Å². The Morgan fingerprint density at radius 3 is 2.88 bits per heavy atom. The lowest BCUT2D eigenvalue weighted by molar-refractivity contribution is -0.123. The predicted molar refractivity (Wildman–Crippen MR) is 83.5 cm³/mol. The molecule has 1 amide bonds. The van der Waals surface area contributed by atoms with Crippen LogP contribution in [0.5, 0.6) is 0 Å². The highest BCUT2D eigenvalue weighted by molar-refractivity contribution is 5.82. The summed E-state index contributed by atoms with van der Waals surface area (Å²) in [7, 11) is 0. The molecule has 132 valence electrons. The Labute approximate surface area is 139 Å². The van der Waals surface area contributed by atoms with E-state index in [1.54, 1.807) is 0 Å². The maximum atomic E-state index is 13.7. The van der Waals surface area contributed by atoms with Gasteiger partial charge >= 0.3 is 0 Å². The number of hydrogen-bond donors (Lipinski definition) is 2. The molecule has 1 aromatic carbocycles. The summed E-state index contributed by atoms with van der Waals surface area (Å²) in [5.41, 5.74) is 0.254. The van der Waals surface area contributed by atoms with Gasteiger partial charge in [-0.3, -0.25) is 9.69 Å². The molecule has 3 atom stereocenters. The zero-order valence-electron chi connectivity index (χ0n) is 13.4. The summed E-state index contributed by atoms with van der Waals surface area (Å²) >= 11 is 0. The Balaban J connectivity index is 1.44. The van der Waals surface area contributed by atoms with Crippen LogP contribution in [0.1, 0.15) is 17.9 Å². The molecule has 24 heavy (non-hydrogen) atoms. The number of benzene rings is 1. The summed E-state index contributed by atoms with van der Waals surface area (Å²) in [6, 6.07) is 3.31. The molecule has 0 bridgehead atoms. The number of aliphatic hydroxyl groups excluding tert-OH is 1. The highest BCUT2D eigenvalue weighted by Crippen LogP contribution is 2.48. The molecule has 0 aromatic heterocycles. The van der Waals surface area contributed by atoms with E-state index in [2.05, 4.69) is 10.2 Å². The van der Waals surface area contributed by atoms with Crippen LogP contribution in [0.3, 0.4) is 0 Å². The van der Waals surface area contributed by atoms with Crippen LogP contribution in [0, 0.1) is 17.6 Å². The van der Waals surface area contributed by atoms with Gasteiger partial charge in [-0.15, -0.1) is 0 Å². The fourth-order valence-electron chi connectivity index (χ4n) is 3.12. The number of carbonyl (C=O) groups excluding carboxylic acids is 1. The van der Waals surface area contributed by atoms with Crippen LogP contribution in [-0.4, -0.2) is 61.4 Å². The zero-order chi connectivity index (χ0) is 17.1. The topological polar surface area (TPSA) is 61.8 Å². The molecule has 2 fully saturated rings. The van der Waals surface area contributed by atoms with E-state index in [-0.39, 0.29) is 29.9 Å². The van der Waals surface area contributed by atoms with Gasteiger partial charge in [0, 0.05) is 32.1 Å². The van der Waals surface area contributed by atoms with Crippen molar-refractivity contribution >= 4 is 5.91 Å². The van der Waals surface area contributed by atoms with Gasteiger partial charge in [-0.2, -0.15) is 0 Å². The second-order valence-electron chi connectivity index (χ2n) is 6.43. The Hall–Kier alpha value is -1.57. The Morgan fingerprint density at radius 2 is 2.12 bits per heavy atom. The molecule has 1 aliphatic carbocycles. The molecule has 3 unspecified atom stereocenters. The summed E-state index contributed by atoms with van der Waals surface area (Å²) < 4.78 is 32.2. The first-order valence-corrected chi connectivity index (χ1v) is 8.25. The van der Waals surface area contributed by atoms with E-state index in [1.807, 2.05) is 0 Å². The minimum absolute atomic E-state index is 0.158. The summed E-state index contributed by atoms with van der Waals surface area (Å²) in [4.78, 5) is 14.2. The summed E-state index contributed by atoms with van der Waals surface area (Å²) in [5, 5.41) is 12.7. The number of carbonyl (C=O) groups is 1. The third-order valence-electron chi connectivity index (χ3n) is 4.57. The number of morpholine rings is 1. The predicted octanol–water partition coefficient (Wildman–Crippen LogP) is 0.878. The van der Waals surface area contributed by atoms with Crippen LogP contribution in [0.15, 0.2) is 18.2 Å². The quantitative estimate of drug-likeness (QED) is 0.807. The lowest BCUT2D eigenvalue weighted by Crippen LogP contribution is -2.44.